The van der Waals surface area contributed by atoms with E-state index in [4.69, 9.17) is 4.42 Å². The number of benzene rings is 2. The summed E-state index contributed by atoms with van der Waals surface area (Å²) in [7, 11) is 0. The van der Waals surface area contributed by atoms with Crippen molar-refractivity contribution in [2.75, 3.05) is 0 Å². The maximum absolute atomic E-state index is 12.8. The standard InChI is InChI=1S/C21H17N3O2/c1-14(18-12-7-13-26-18)23-24-21(25)20-19(15-8-3-2-4-9-15)16-10-5-6-11-17(16)22-20/h2-13,22H,1H3,(H,24,25). The number of amides is 1. The summed E-state index contributed by atoms with van der Waals surface area (Å²) in [5, 5.41) is 5.15. The lowest BCUT2D eigenvalue weighted by atomic mass is 10.0. The molecule has 1 amide bonds. The third-order valence-corrected chi connectivity index (χ3v) is 4.20. The SMILES string of the molecule is CC(=NNC(=O)c1[nH]c2ccccc2c1-c1ccccc1)c1ccco1. The second-order valence-electron chi connectivity index (χ2n) is 5.90. The van der Waals surface area contributed by atoms with Gasteiger partial charge in [0.25, 0.3) is 5.91 Å². The van der Waals surface area contributed by atoms with E-state index < -0.39 is 0 Å². The number of rotatable bonds is 4. The van der Waals surface area contributed by atoms with Crippen LogP contribution in [-0.4, -0.2) is 16.6 Å². The van der Waals surface area contributed by atoms with Gasteiger partial charge in [0.1, 0.15) is 17.2 Å². The first-order valence-corrected chi connectivity index (χ1v) is 8.28. The number of fused-ring (bicyclic) bond motifs is 1. The maximum atomic E-state index is 12.8. The molecular formula is C21H17N3O2. The molecule has 0 saturated heterocycles. The number of carbonyl (C=O) groups excluding carboxylic acids is 1. The zero-order valence-electron chi connectivity index (χ0n) is 14.2. The Kier molecular flexibility index (Phi) is 4.11. The lowest BCUT2D eigenvalue weighted by Gasteiger charge is -2.05. The van der Waals surface area contributed by atoms with Crippen molar-refractivity contribution >= 4 is 22.5 Å². The third-order valence-electron chi connectivity index (χ3n) is 4.20. The first-order valence-electron chi connectivity index (χ1n) is 8.28. The van der Waals surface area contributed by atoms with Crippen LogP contribution in [0.4, 0.5) is 0 Å². The topological polar surface area (TPSA) is 70.4 Å². The van der Waals surface area contributed by atoms with E-state index in [0.29, 0.717) is 17.2 Å². The van der Waals surface area contributed by atoms with Gasteiger partial charge in [-0.1, -0.05) is 48.5 Å². The molecule has 0 aliphatic carbocycles. The molecule has 0 saturated carbocycles. The molecule has 0 bridgehead atoms. The Morgan fingerprint density at radius 2 is 1.77 bits per heavy atom. The number of H-pyrrole nitrogens is 1. The maximum Gasteiger partial charge on any atom is 0.288 e. The summed E-state index contributed by atoms with van der Waals surface area (Å²) in [6, 6.07) is 21.3. The highest BCUT2D eigenvalue weighted by Crippen LogP contribution is 2.32. The number of nitrogens with one attached hydrogen (secondary N) is 2. The van der Waals surface area contributed by atoms with Crippen LogP contribution >= 0.6 is 0 Å². The summed E-state index contributed by atoms with van der Waals surface area (Å²) in [6.07, 6.45) is 1.57. The van der Waals surface area contributed by atoms with Gasteiger partial charge in [-0.2, -0.15) is 5.10 Å². The molecule has 0 aliphatic rings. The Labute approximate surface area is 150 Å². The summed E-state index contributed by atoms with van der Waals surface area (Å²) >= 11 is 0. The number of para-hydroxylation sites is 1. The van der Waals surface area contributed by atoms with Gasteiger partial charge in [-0.15, -0.1) is 0 Å². The predicted molar refractivity (Wildman–Crippen MR) is 102 cm³/mol. The van der Waals surface area contributed by atoms with E-state index in [0.717, 1.165) is 22.0 Å². The molecule has 0 fully saturated rings. The molecule has 0 atom stereocenters. The van der Waals surface area contributed by atoms with Crippen molar-refractivity contribution in [3.8, 4) is 11.1 Å². The summed E-state index contributed by atoms with van der Waals surface area (Å²) < 4.78 is 5.28. The number of aromatic amines is 1. The van der Waals surface area contributed by atoms with Crippen LogP contribution in [0.15, 0.2) is 82.5 Å². The molecule has 0 unspecified atom stereocenters. The number of furan rings is 1. The van der Waals surface area contributed by atoms with Crippen molar-refractivity contribution in [3.05, 3.63) is 84.4 Å². The molecule has 4 aromatic rings. The van der Waals surface area contributed by atoms with Crippen molar-refractivity contribution in [1.29, 1.82) is 0 Å². The minimum Gasteiger partial charge on any atom is -0.463 e. The molecule has 4 rings (SSSR count). The number of aromatic nitrogens is 1. The van der Waals surface area contributed by atoms with Crippen molar-refractivity contribution in [2.45, 2.75) is 6.92 Å². The fourth-order valence-corrected chi connectivity index (χ4v) is 2.95. The van der Waals surface area contributed by atoms with Crippen LogP contribution in [0.25, 0.3) is 22.0 Å². The van der Waals surface area contributed by atoms with Crippen molar-refractivity contribution in [2.24, 2.45) is 5.10 Å². The molecule has 5 nitrogen and oxygen atoms in total. The molecule has 2 aromatic heterocycles. The zero-order chi connectivity index (χ0) is 17.9. The quantitative estimate of drug-likeness (QED) is 0.420. The van der Waals surface area contributed by atoms with Crippen LogP contribution in [0, 0.1) is 0 Å². The molecular weight excluding hydrogens is 326 g/mol. The van der Waals surface area contributed by atoms with Gasteiger partial charge in [-0.25, -0.2) is 5.43 Å². The number of hydrogen-bond donors (Lipinski definition) is 2. The van der Waals surface area contributed by atoms with Gasteiger partial charge in [-0.3, -0.25) is 4.79 Å². The van der Waals surface area contributed by atoms with Crippen molar-refractivity contribution < 1.29 is 9.21 Å². The van der Waals surface area contributed by atoms with E-state index in [2.05, 4.69) is 15.5 Å². The van der Waals surface area contributed by atoms with Crippen LogP contribution < -0.4 is 5.43 Å². The molecule has 0 aliphatic heterocycles. The molecule has 2 N–H and O–H groups in total. The zero-order valence-corrected chi connectivity index (χ0v) is 14.2. The Balaban J connectivity index is 1.74. The third kappa shape index (κ3) is 2.91. The highest BCUT2D eigenvalue weighted by atomic mass is 16.3. The number of hydrogen-bond acceptors (Lipinski definition) is 3. The van der Waals surface area contributed by atoms with Gasteiger partial charge in [0, 0.05) is 16.5 Å². The second kappa shape index (κ2) is 6.72. The lowest BCUT2D eigenvalue weighted by Crippen LogP contribution is -2.20. The van der Waals surface area contributed by atoms with Gasteiger partial charge < -0.3 is 9.40 Å². The molecule has 128 valence electrons. The van der Waals surface area contributed by atoms with E-state index in [1.54, 1.807) is 25.3 Å². The first-order chi connectivity index (χ1) is 12.7. The van der Waals surface area contributed by atoms with E-state index in [1.165, 1.54) is 0 Å². The predicted octanol–water partition coefficient (Wildman–Crippen LogP) is 4.58. The molecule has 2 aromatic carbocycles. The first kappa shape index (κ1) is 15.9. The Hall–Kier alpha value is -3.60. The second-order valence-corrected chi connectivity index (χ2v) is 5.90. The molecule has 5 heteroatoms. The Morgan fingerprint density at radius 3 is 2.54 bits per heavy atom. The van der Waals surface area contributed by atoms with Crippen molar-refractivity contribution in [3.63, 3.8) is 0 Å². The lowest BCUT2D eigenvalue weighted by molar-refractivity contribution is 0.0951. The smallest absolute Gasteiger partial charge is 0.288 e. The highest BCUT2D eigenvalue weighted by Gasteiger charge is 2.18. The summed E-state index contributed by atoms with van der Waals surface area (Å²) in [6.45, 7) is 1.78. The van der Waals surface area contributed by atoms with E-state index in [1.807, 2.05) is 54.6 Å². The average Bonchev–Trinajstić information content (AvgIpc) is 3.34. The number of carbonyl (C=O) groups is 1. The van der Waals surface area contributed by atoms with Crippen LogP contribution in [-0.2, 0) is 0 Å². The summed E-state index contributed by atoms with van der Waals surface area (Å²) in [5.41, 5.74) is 6.44. The minimum absolute atomic E-state index is 0.300. The van der Waals surface area contributed by atoms with Crippen LogP contribution in [0.2, 0.25) is 0 Å². The van der Waals surface area contributed by atoms with Gasteiger partial charge in [-0.05, 0) is 30.7 Å². The van der Waals surface area contributed by atoms with Crippen LogP contribution in [0.5, 0.6) is 0 Å². The molecule has 26 heavy (non-hydrogen) atoms. The number of hydrazone groups is 1. The van der Waals surface area contributed by atoms with Crippen LogP contribution in [0.1, 0.15) is 23.2 Å². The average molecular weight is 343 g/mol. The monoisotopic (exact) mass is 343 g/mol. The van der Waals surface area contributed by atoms with E-state index in [-0.39, 0.29) is 5.91 Å². The highest BCUT2D eigenvalue weighted by molar-refractivity contribution is 6.10. The largest absolute Gasteiger partial charge is 0.463 e. The fraction of sp³-hybridized carbons (Fsp3) is 0.0476. The van der Waals surface area contributed by atoms with Gasteiger partial charge in [0.05, 0.1) is 6.26 Å². The Bertz CT molecular complexity index is 1080. The van der Waals surface area contributed by atoms with Crippen LogP contribution in [0.3, 0.4) is 0 Å². The summed E-state index contributed by atoms with van der Waals surface area (Å²) in [5.74, 6) is 0.316. The fourth-order valence-electron chi connectivity index (χ4n) is 2.95. The minimum atomic E-state index is -0.300. The molecule has 0 radical (unpaired) electrons. The Morgan fingerprint density at radius 1 is 1.00 bits per heavy atom. The van der Waals surface area contributed by atoms with E-state index >= 15 is 0 Å². The van der Waals surface area contributed by atoms with E-state index in [9.17, 15) is 4.79 Å². The normalized spacial score (nSPS) is 11.7. The van der Waals surface area contributed by atoms with Crippen molar-refractivity contribution in [1.82, 2.24) is 10.4 Å². The van der Waals surface area contributed by atoms with Gasteiger partial charge in [0.15, 0.2) is 0 Å². The van der Waals surface area contributed by atoms with Gasteiger partial charge in [0.2, 0.25) is 0 Å². The molecule has 0 spiro atoms. The van der Waals surface area contributed by atoms with Gasteiger partial charge >= 0.3 is 0 Å². The summed E-state index contributed by atoms with van der Waals surface area (Å²) in [4.78, 5) is 16.0. The number of nitrogens with zero attached hydrogens (tertiary/aromatic N) is 1. The molecule has 2 heterocycles.